The van der Waals surface area contributed by atoms with Gasteiger partial charge in [-0.15, -0.1) is 0 Å². The van der Waals surface area contributed by atoms with E-state index < -0.39 is 0 Å². The van der Waals surface area contributed by atoms with Crippen LogP contribution in [-0.2, 0) is 5.33 Å². The predicted molar refractivity (Wildman–Crippen MR) is 88.2 cm³/mol. The van der Waals surface area contributed by atoms with E-state index in [9.17, 15) is 0 Å². The first-order valence-corrected chi connectivity index (χ1v) is 9.07. The van der Waals surface area contributed by atoms with Gasteiger partial charge in [0.2, 0.25) is 0 Å². The Labute approximate surface area is 133 Å². The molecule has 0 bridgehead atoms. The maximum absolute atomic E-state index is 6.31. The number of hydrogen-bond donors (Lipinski definition) is 0. The Morgan fingerprint density at radius 1 is 1.21 bits per heavy atom. The lowest BCUT2D eigenvalue weighted by molar-refractivity contribution is 0.128. The monoisotopic (exact) mass is 388 g/mol. The molecule has 1 fully saturated rings. The fourth-order valence-electron chi connectivity index (χ4n) is 2.89. The molecule has 0 aromatic heterocycles. The van der Waals surface area contributed by atoms with E-state index in [1.807, 2.05) is 0 Å². The topological polar surface area (TPSA) is 9.23 Å². The second kappa shape index (κ2) is 7.12. The van der Waals surface area contributed by atoms with Crippen molar-refractivity contribution in [1.82, 2.24) is 0 Å². The van der Waals surface area contributed by atoms with Crippen LogP contribution in [-0.4, -0.2) is 6.10 Å². The number of hydrogen-bond acceptors (Lipinski definition) is 1. The molecular formula is C16H22Br2O. The van der Waals surface area contributed by atoms with Crippen molar-refractivity contribution < 1.29 is 4.74 Å². The second-order valence-electron chi connectivity index (χ2n) is 5.51. The van der Waals surface area contributed by atoms with Crippen molar-refractivity contribution in [3.63, 3.8) is 0 Å². The molecule has 0 aliphatic heterocycles. The Morgan fingerprint density at radius 3 is 2.47 bits per heavy atom. The van der Waals surface area contributed by atoms with Gasteiger partial charge in [-0.05, 0) is 56.2 Å². The van der Waals surface area contributed by atoms with Crippen LogP contribution in [0.4, 0.5) is 0 Å². The molecule has 0 spiro atoms. The summed E-state index contributed by atoms with van der Waals surface area (Å²) < 4.78 is 7.43. The van der Waals surface area contributed by atoms with Crippen molar-refractivity contribution in [3.8, 4) is 5.75 Å². The quantitative estimate of drug-likeness (QED) is 0.573. The van der Waals surface area contributed by atoms with Gasteiger partial charge in [0.05, 0.1) is 6.10 Å². The van der Waals surface area contributed by atoms with Crippen molar-refractivity contribution >= 4 is 31.9 Å². The zero-order valence-corrected chi connectivity index (χ0v) is 14.9. The molecule has 1 nitrogen and oxygen atoms in total. The van der Waals surface area contributed by atoms with Crippen molar-refractivity contribution in [1.29, 1.82) is 0 Å². The van der Waals surface area contributed by atoms with Gasteiger partial charge in [0, 0.05) is 15.4 Å². The molecule has 0 atom stereocenters. The fraction of sp³-hybridized carbons (Fsp3) is 0.625. The molecule has 0 radical (unpaired) electrons. The summed E-state index contributed by atoms with van der Waals surface area (Å²) in [5, 5.41) is 0.840. The summed E-state index contributed by atoms with van der Waals surface area (Å²) in [7, 11) is 0. The minimum absolute atomic E-state index is 0.403. The molecule has 1 aliphatic carbocycles. The molecule has 0 unspecified atom stereocenters. The largest absolute Gasteiger partial charge is 0.490 e. The lowest BCUT2D eigenvalue weighted by Crippen LogP contribution is -2.24. The van der Waals surface area contributed by atoms with Crippen molar-refractivity contribution in [2.45, 2.75) is 57.4 Å². The van der Waals surface area contributed by atoms with Crippen LogP contribution in [0, 0.1) is 12.8 Å². The molecule has 0 N–H and O–H groups in total. The maximum atomic E-state index is 6.31. The van der Waals surface area contributed by atoms with Crippen LogP contribution < -0.4 is 4.74 Å². The Bertz CT molecular complexity index is 423. The van der Waals surface area contributed by atoms with Crippen molar-refractivity contribution in [3.05, 3.63) is 27.7 Å². The lowest BCUT2D eigenvalue weighted by atomic mass is 9.86. The van der Waals surface area contributed by atoms with Gasteiger partial charge in [0.1, 0.15) is 5.75 Å². The molecule has 1 saturated carbocycles. The highest BCUT2D eigenvalue weighted by Gasteiger charge is 2.22. The molecule has 19 heavy (non-hydrogen) atoms. The highest BCUT2D eigenvalue weighted by atomic mass is 79.9. The predicted octanol–water partition coefficient (Wildman–Crippen LogP) is 6.00. The summed E-state index contributed by atoms with van der Waals surface area (Å²) in [4.78, 5) is 0. The lowest BCUT2D eigenvalue weighted by Gasteiger charge is -2.29. The number of benzene rings is 1. The summed E-state index contributed by atoms with van der Waals surface area (Å²) in [5.74, 6) is 2.00. The summed E-state index contributed by atoms with van der Waals surface area (Å²) >= 11 is 7.12. The molecule has 0 amide bonds. The van der Waals surface area contributed by atoms with Gasteiger partial charge in [0.15, 0.2) is 0 Å². The van der Waals surface area contributed by atoms with Gasteiger partial charge in [-0.3, -0.25) is 0 Å². The highest BCUT2D eigenvalue weighted by molar-refractivity contribution is 9.10. The summed E-state index contributed by atoms with van der Waals surface area (Å²) in [6.45, 7) is 4.43. The average molecular weight is 390 g/mol. The first-order chi connectivity index (χ1) is 9.13. The van der Waals surface area contributed by atoms with E-state index in [1.165, 1.54) is 43.2 Å². The third-order valence-electron chi connectivity index (χ3n) is 4.12. The Morgan fingerprint density at radius 2 is 1.89 bits per heavy atom. The molecule has 106 valence electrons. The van der Waals surface area contributed by atoms with Crippen LogP contribution in [0.3, 0.4) is 0 Å². The average Bonchev–Trinajstić information content (AvgIpc) is 2.42. The first kappa shape index (κ1) is 15.4. The zero-order chi connectivity index (χ0) is 13.8. The Kier molecular flexibility index (Phi) is 5.76. The van der Waals surface area contributed by atoms with E-state index in [0.29, 0.717) is 6.10 Å². The van der Waals surface area contributed by atoms with E-state index in [-0.39, 0.29) is 0 Å². The molecule has 3 heteroatoms. The third kappa shape index (κ3) is 3.98. The van der Waals surface area contributed by atoms with Gasteiger partial charge in [0.25, 0.3) is 0 Å². The van der Waals surface area contributed by atoms with Gasteiger partial charge >= 0.3 is 0 Å². The van der Waals surface area contributed by atoms with Gasteiger partial charge < -0.3 is 4.74 Å². The van der Waals surface area contributed by atoms with Gasteiger partial charge in [-0.1, -0.05) is 45.2 Å². The van der Waals surface area contributed by atoms with Gasteiger partial charge in [-0.25, -0.2) is 0 Å². The van der Waals surface area contributed by atoms with Crippen LogP contribution >= 0.6 is 31.9 Å². The second-order valence-corrected chi connectivity index (χ2v) is 6.99. The Balaban J connectivity index is 2.07. The summed E-state index contributed by atoms with van der Waals surface area (Å²) in [6, 6.07) is 4.29. The number of rotatable bonds is 4. The minimum atomic E-state index is 0.403. The van der Waals surface area contributed by atoms with E-state index in [2.05, 4.69) is 57.8 Å². The van der Waals surface area contributed by atoms with Gasteiger partial charge in [-0.2, -0.15) is 0 Å². The number of ether oxygens (including phenoxy) is 1. The van der Waals surface area contributed by atoms with E-state index in [0.717, 1.165) is 21.5 Å². The van der Waals surface area contributed by atoms with Crippen LogP contribution in [0.2, 0.25) is 0 Å². The summed E-state index contributed by atoms with van der Waals surface area (Å²) in [5.41, 5.74) is 2.46. The molecule has 1 aliphatic rings. The Hall–Kier alpha value is -0.0200. The van der Waals surface area contributed by atoms with Crippen molar-refractivity contribution in [2.75, 3.05) is 0 Å². The molecule has 1 aromatic carbocycles. The highest BCUT2D eigenvalue weighted by Crippen LogP contribution is 2.34. The summed E-state index contributed by atoms with van der Waals surface area (Å²) in [6.07, 6.45) is 6.77. The van der Waals surface area contributed by atoms with Crippen LogP contribution in [0.15, 0.2) is 16.6 Å². The number of halogens is 2. The van der Waals surface area contributed by atoms with E-state index >= 15 is 0 Å². The third-order valence-corrected chi connectivity index (χ3v) is 5.18. The standard InChI is InChI=1S/C16H22Br2O/c1-3-12-4-6-15(7-5-12)19-16-11(2)8-14(18)9-13(16)10-17/h8-9,12,15H,3-7,10H2,1-2H3. The zero-order valence-electron chi connectivity index (χ0n) is 11.7. The molecule has 1 aromatic rings. The maximum Gasteiger partial charge on any atom is 0.126 e. The van der Waals surface area contributed by atoms with Crippen molar-refractivity contribution in [2.24, 2.45) is 5.92 Å². The molecule has 0 saturated heterocycles. The normalized spacial score (nSPS) is 23.4. The number of aryl methyl sites for hydroxylation is 1. The fourth-order valence-corrected chi connectivity index (χ4v) is 3.93. The number of alkyl halides is 1. The minimum Gasteiger partial charge on any atom is -0.490 e. The van der Waals surface area contributed by atoms with E-state index in [4.69, 9.17) is 4.74 Å². The van der Waals surface area contributed by atoms with E-state index in [1.54, 1.807) is 0 Å². The van der Waals surface area contributed by atoms with Crippen LogP contribution in [0.5, 0.6) is 5.75 Å². The SMILES string of the molecule is CCC1CCC(Oc2c(C)cc(Br)cc2CBr)CC1. The molecular weight excluding hydrogens is 368 g/mol. The smallest absolute Gasteiger partial charge is 0.126 e. The first-order valence-electron chi connectivity index (χ1n) is 7.15. The molecule has 0 heterocycles. The molecule has 2 rings (SSSR count). The van der Waals surface area contributed by atoms with Crippen LogP contribution in [0.25, 0.3) is 0 Å². The van der Waals surface area contributed by atoms with Crippen LogP contribution in [0.1, 0.15) is 50.2 Å².